The largest absolute Gasteiger partial charge is 0.352 e. The molecular formula is C24H22N4O2S2. The highest BCUT2D eigenvalue weighted by molar-refractivity contribution is 7.14. The lowest BCUT2D eigenvalue weighted by Crippen LogP contribution is -2.18. The third-order valence-electron chi connectivity index (χ3n) is 4.70. The van der Waals surface area contributed by atoms with Crippen LogP contribution in [0.25, 0.3) is 21.8 Å². The van der Waals surface area contributed by atoms with E-state index in [-0.39, 0.29) is 18.2 Å². The first-order chi connectivity index (χ1) is 15.5. The van der Waals surface area contributed by atoms with Crippen LogP contribution >= 0.6 is 22.7 Å². The Kier molecular flexibility index (Phi) is 6.72. The van der Waals surface area contributed by atoms with E-state index in [1.807, 2.05) is 60.1 Å². The molecule has 0 aliphatic heterocycles. The van der Waals surface area contributed by atoms with Crippen LogP contribution in [0.15, 0.2) is 59.3 Å². The highest BCUT2D eigenvalue weighted by Gasteiger charge is 2.12. The van der Waals surface area contributed by atoms with Crippen LogP contribution in [0.4, 0.5) is 5.13 Å². The number of benzene rings is 2. The maximum absolute atomic E-state index is 12.5. The van der Waals surface area contributed by atoms with Crippen LogP contribution in [0.1, 0.15) is 23.7 Å². The van der Waals surface area contributed by atoms with Gasteiger partial charge in [-0.15, -0.1) is 22.7 Å². The lowest BCUT2D eigenvalue weighted by atomic mass is 10.1. The maximum Gasteiger partial charge on any atom is 0.232 e. The van der Waals surface area contributed by atoms with Crippen LogP contribution in [0, 0.1) is 6.92 Å². The molecule has 32 heavy (non-hydrogen) atoms. The van der Waals surface area contributed by atoms with E-state index >= 15 is 0 Å². The first kappa shape index (κ1) is 21.9. The number of carbonyl (C=O) groups excluding carboxylic acids is 2. The molecule has 0 bridgehead atoms. The second-order valence-electron chi connectivity index (χ2n) is 7.38. The second-order valence-corrected chi connectivity index (χ2v) is 9.10. The number of aryl methyl sites for hydroxylation is 1. The predicted octanol–water partition coefficient (Wildman–Crippen LogP) is 5.06. The Labute approximate surface area is 194 Å². The minimum Gasteiger partial charge on any atom is -0.352 e. The van der Waals surface area contributed by atoms with Gasteiger partial charge in [-0.05, 0) is 18.6 Å². The van der Waals surface area contributed by atoms with Crippen molar-refractivity contribution in [2.24, 2.45) is 0 Å². The molecule has 0 saturated heterocycles. The van der Waals surface area contributed by atoms with Crippen LogP contribution < -0.4 is 10.6 Å². The zero-order chi connectivity index (χ0) is 22.5. The third kappa shape index (κ3) is 5.66. The van der Waals surface area contributed by atoms with Crippen molar-refractivity contribution < 1.29 is 9.59 Å². The fourth-order valence-electron chi connectivity index (χ4n) is 3.11. The average molecular weight is 463 g/mol. The van der Waals surface area contributed by atoms with Gasteiger partial charge >= 0.3 is 0 Å². The molecule has 0 radical (unpaired) electrons. The molecule has 4 aromatic rings. The quantitative estimate of drug-likeness (QED) is 0.402. The zero-order valence-electron chi connectivity index (χ0n) is 17.7. The van der Waals surface area contributed by atoms with Gasteiger partial charge in [-0.3, -0.25) is 9.59 Å². The van der Waals surface area contributed by atoms with Gasteiger partial charge < -0.3 is 10.6 Å². The molecular weight excluding hydrogens is 440 g/mol. The number of anilines is 1. The third-order valence-corrected chi connectivity index (χ3v) is 6.40. The molecule has 2 heterocycles. The molecule has 0 unspecified atom stereocenters. The smallest absolute Gasteiger partial charge is 0.232 e. The minimum absolute atomic E-state index is 0.0574. The number of carbonyl (C=O) groups is 2. The molecule has 8 heteroatoms. The van der Waals surface area contributed by atoms with Crippen LogP contribution in [0.2, 0.25) is 0 Å². The first-order valence-corrected chi connectivity index (χ1v) is 11.8. The molecule has 162 valence electrons. The Balaban J connectivity index is 1.35. The molecule has 2 N–H and O–H groups in total. The van der Waals surface area contributed by atoms with Gasteiger partial charge in [0.25, 0.3) is 0 Å². The first-order valence-electron chi connectivity index (χ1n) is 10.1. The number of hydrogen-bond donors (Lipinski definition) is 2. The highest BCUT2D eigenvalue weighted by Crippen LogP contribution is 2.27. The summed E-state index contributed by atoms with van der Waals surface area (Å²) >= 11 is 2.93. The van der Waals surface area contributed by atoms with Crippen LogP contribution in [0.5, 0.6) is 0 Å². The lowest BCUT2D eigenvalue weighted by molar-refractivity contribution is -0.119. The van der Waals surface area contributed by atoms with E-state index in [0.29, 0.717) is 11.7 Å². The molecule has 0 atom stereocenters. The van der Waals surface area contributed by atoms with E-state index in [4.69, 9.17) is 0 Å². The summed E-state index contributed by atoms with van der Waals surface area (Å²) in [5.41, 5.74) is 5.76. The Morgan fingerprint density at radius 2 is 1.78 bits per heavy atom. The van der Waals surface area contributed by atoms with Crippen molar-refractivity contribution in [3.8, 4) is 21.8 Å². The summed E-state index contributed by atoms with van der Waals surface area (Å²) in [7, 11) is 0. The predicted molar refractivity (Wildman–Crippen MR) is 130 cm³/mol. The summed E-state index contributed by atoms with van der Waals surface area (Å²) in [6.45, 7) is 4.04. The van der Waals surface area contributed by atoms with E-state index in [1.165, 1.54) is 35.2 Å². The second kappa shape index (κ2) is 9.84. The summed E-state index contributed by atoms with van der Waals surface area (Å²) in [6, 6.07) is 16.0. The van der Waals surface area contributed by atoms with Crippen molar-refractivity contribution in [2.45, 2.75) is 26.8 Å². The molecule has 6 nitrogen and oxygen atoms in total. The van der Waals surface area contributed by atoms with Gasteiger partial charge in [0.05, 0.1) is 17.8 Å². The van der Waals surface area contributed by atoms with E-state index in [0.717, 1.165) is 33.1 Å². The van der Waals surface area contributed by atoms with Gasteiger partial charge in [-0.2, -0.15) is 0 Å². The fourth-order valence-corrected chi connectivity index (χ4v) is 4.66. The van der Waals surface area contributed by atoms with Gasteiger partial charge in [0, 0.05) is 35.4 Å². The highest BCUT2D eigenvalue weighted by atomic mass is 32.1. The number of aromatic nitrogens is 2. The number of hydrogen-bond acceptors (Lipinski definition) is 6. The molecule has 0 spiro atoms. The molecule has 0 saturated carbocycles. The van der Waals surface area contributed by atoms with E-state index in [1.54, 1.807) is 0 Å². The van der Waals surface area contributed by atoms with E-state index in [2.05, 4.69) is 26.7 Å². The van der Waals surface area contributed by atoms with Gasteiger partial charge in [0.15, 0.2) is 5.13 Å². The Morgan fingerprint density at radius 1 is 0.969 bits per heavy atom. The number of rotatable bonds is 7. The van der Waals surface area contributed by atoms with E-state index in [9.17, 15) is 9.59 Å². The number of nitrogens with one attached hydrogen (secondary N) is 2. The monoisotopic (exact) mass is 462 g/mol. The summed E-state index contributed by atoms with van der Waals surface area (Å²) in [6.07, 6.45) is 0.203. The Morgan fingerprint density at radius 3 is 2.53 bits per heavy atom. The van der Waals surface area contributed by atoms with E-state index < -0.39 is 0 Å². The minimum atomic E-state index is -0.141. The van der Waals surface area contributed by atoms with Crippen molar-refractivity contribution in [3.63, 3.8) is 0 Å². The molecule has 4 rings (SSSR count). The number of amides is 2. The molecule has 0 aliphatic carbocycles. The van der Waals surface area contributed by atoms with Crippen molar-refractivity contribution in [1.29, 1.82) is 0 Å². The molecule has 2 aromatic carbocycles. The SMILES string of the molecule is CC(=O)NCc1ccc(-c2csc(NC(=O)Cc3csc(-c4cccc(C)c4)n3)n2)cc1. The zero-order valence-corrected chi connectivity index (χ0v) is 19.3. The van der Waals surface area contributed by atoms with Gasteiger partial charge in [0.1, 0.15) is 5.01 Å². The maximum atomic E-state index is 12.5. The lowest BCUT2D eigenvalue weighted by Gasteiger charge is -2.03. The van der Waals surface area contributed by atoms with Crippen molar-refractivity contribution >= 4 is 39.6 Å². The summed E-state index contributed by atoms with van der Waals surface area (Å²) < 4.78 is 0. The van der Waals surface area contributed by atoms with Gasteiger partial charge in [0.2, 0.25) is 11.8 Å². The van der Waals surface area contributed by atoms with Crippen molar-refractivity contribution in [2.75, 3.05) is 5.32 Å². The van der Waals surface area contributed by atoms with Crippen molar-refractivity contribution in [1.82, 2.24) is 15.3 Å². The van der Waals surface area contributed by atoms with Gasteiger partial charge in [-0.25, -0.2) is 9.97 Å². The summed E-state index contributed by atoms with van der Waals surface area (Å²) in [4.78, 5) is 32.6. The van der Waals surface area contributed by atoms with Crippen LogP contribution in [-0.4, -0.2) is 21.8 Å². The topological polar surface area (TPSA) is 84.0 Å². The van der Waals surface area contributed by atoms with Crippen LogP contribution in [-0.2, 0) is 22.6 Å². The fraction of sp³-hybridized carbons (Fsp3) is 0.167. The normalized spacial score (nSPS) is 10.7. The number of nitrogens with zero attached hydrogens (tertiary/aromatic N) is 2. The molecule has 0 aliphatic rings. The standard InChI is InChI=1S/C24H22N4O2S2/c1-15-4-3-5-19(10-15)23-26-20(13-31-23)11-22(30)28-24-27-21(14-32-24)18-8-6-17(7-9-18)12-25-16(2)29/h3-10,13-14H,11-12H2,1-2H3,(H,25,29)(H,27,28,30). The van der Waals surface area contributed by atoms with Crippen LogP contribution in [0.3, 0.4) is 0 Å². The summed E-state index contributed by atoms with van der Waals surface area (Å²) in [5.74, 6) is -0.198. The summed E-state index contributed by atoms with van der Waals surface area (Å²) in [5, 5.41) is 11.0. The number of thiazole rings is 2. The van der Waals surface area contributed by atoms with Gasteiger partial charge in [-0.1, -0.05) is 48.0 Å². The average Bonchev–Trinajstić information content (AvgIpc) is 3.42. The molecule has 2 aromatic heterocycles. The van der Waals surface area contributed by atoms with Crippen molar-refractivity contribution in [3.05, 3.63) is 76.1 Å². The molecule has 0 fully saturated rings. The Hall–Kier alpha value is -3.36. The Bertz CT molecular complexity index is 1240. The molecule has 2 amide bonds.